The third-order valence-corrected chi connectivity index (χ3v) is 3.12. The Morgan fingerprint density at radius 2 is 1.94 bits per heavy atom. The number of hydrogen-bond donors (Lipinski definition) is 1. The van der Waals surface area contributed by atoms with Gasteiger partial charge in [0.2, 0.25) is 0 Å². The molecular weight excluding hydrogens is 246 g/mol. The molecule has 0 aliphatic carbocycles. The average Bonchev–Trinajstić information content (AvgIpc) is 2.39. The number of fused-ring (bicyclic) bond motifs is 1. The summed E-state index contributed by atoms with van der Waals surface area (Å²) in [5.41, 5.74) is 4.77. The van der Waals surface area contributed by atoms with Crippen molar-refractivity contribution in [2.75, 3.05) is 6.54 Å². The first kappa shape index (κ1) is 13.0. The maximum absolute atomic E-state index is 4.66. The molecule has 0 unspecified atom stereocenters. The summed E-state index contributed by atoms with van der Waals surface area (Å²) in [5.74, 6) is 0.839. The Bertz CT molecular complexity index is 537. The van der Waals surface area contributed by atoms with Crippen LogP contribution in [-0.4, -0.2) is 16.5 Å². The van der Waals surface area contributed by atoms with Crippen LogP contribution in [0.4, 0.5) is 0 Å². The van der Waals surface area contributed by atoms with E-state index in [1.165, 1.54) is 16.8 Å². The van der Waals surface area contributed by atoms with Crippen molar-refractivity contribution in [1.82, 2.24) is 15.3 Å². The van der Waals surface area contributed by atoms with Gasteiger partial charge in [-0.05, 0) is 6.92 Å². The fourth-order valence-electron chi connectivity index (χ4n) is 2.08. The molecule has 0 saturated heterocycles. The molecule has 0 radical (unpaired) electrons. The normalized spacial score (nSPS) is 13.6. The SMILES string of the molecule is Cc1ccc(-c2ncc3c(n2)CCNC3)cc1.Cl. The van der Waals surface area contributed by atoms with Gasteiger partial charge in [-0.25, -0.2) is 9.97 Å². The van der Waals surface area contributed by atoms with Crippen LogP contribution in [0, 0.1) is 6.92 Å². The van der Waals surface area contributed by atoms with Crippen LogP contribution in [0.5, 0.6) is 0 Å². The number of nitrogens with one attached hydrogen (secondary N) is 1. The van der Waals surface area contributed by atoms with Crippen molar-refractivity contribution in [3.8, 4) is 11.4 Å². The van der Waals surface area contributed by atoms with Gasteiger partial charge in [0, 0.05) is 36.8 Å². The summed E-state index contributed by atoms with van der Waals surface area (Å²) in [4.78, 5) is 9.10. The minimum atomic E-state index is 0. The van der Waals surface area contributed by atoms with E-state index < -0.39 is 0 Å². The van der Waals surface area contributed by atoms with E-state index in [1.807, 2.05) is 6.20 Å². The largest absolute Gasteiger partial charge is 0.312 e. The molecule has 4 heteroatoms. The molecule has 1 aliphatic rings. The Hall–Kier alpha value is -1.45. The standard InChI is InChI=1S/C14H15N3.ClH/c1-10-2-4-11(5-3-10)14-16-9-12-8-15-7-6-13(12)17-14;/h2-5,9,15H,6-8H2,1H3;1H. The van der Waals surface area contributed by atoms with Gasteiger partial charge in [0.05, 0.1) is 5.69 Å². The van der Waals surface area contributed by atoms with Crippen LogP contribution in [0.15, 0.2) is 30.5 Å². The number of aromatic nitrogens is 2. The fraction of sp³-hybridized carbons (Fsp3) is 0.286. The number of halogens is 1. The quantitative estimate of drug-likeness (QED) is 0.857. The van der Waals surface area contributed by atoms with Crippen LogP contribution in [0.1, 0.15) is 16.8 Å². The zero-order chi connectivity index (χ0) is 11.7. The summed E-state index contributed by atoms with van der Waals surface area (Å²) in [6.07, 6.45) is 2.94. The number of hydrogen-bond acceptors (Lipinski definition) is 3. The first-order valence-electron chi connectivity index (χ1n) is 5.95. The summed E-state index contributed by atoms with van der Waals surface area (Å²) in [6, 6.07) is 8.36. The number of rotatable bonds is 1. The Morgan fingerprint density at radius 1 is 1.17 bits per heavy atom. The monoisotopic (exact) mass is 261 g/mol. The summed E-state index contributed by atoms with van der Waals surface area (Å²) in [5, 5.41) is 3.33. The van der Waals surface area contributed by atoms with Crippen molar-refractivity contribution in [3.05, 3.63) is 47.3 Å². The summed E-state index contributed by atoms with van der Waals surface area (Å²) in [7, 11) is 0. The minimum absolute atomic E-state index is 0. The Balaban J connectivity index is 0.00000120. The Labute approximate surface area is 113 Å². The van der Waals surface area contributed by atoms with Crippen molar-refractivity contribution < 1.29 is 0 Å². The molecule has 0 fully saturated rings. The molecule has 0 bridgehead atoms. The molecule has 3 rings (SSSR count). The van der Waals surface area contributed by atoms with E-state index in [4.69, 9.17) is 0 Å². The molecule has 3 nitrogen and oxygen atoms in total. The second kappa shape index (κ2) is 5.46. The highest BCUT2D eigenvalue weighted by atomic mass is 35.5. The van der Waals surface area contributed by atoms with Gasteiger partial charge in [0.25, 0.3) is 0 Å². The van der Waals surface area contributed by atoms with E-state index in [0.29, 0.717) is 0 Å². The van der Waals surface area contributed by atoms with Gasteiger partial charge in [-0.15, -0.1) is 12.4 Å². The van der Waals surface area contributed by atoms with Crippen molar-refractivity contribution >= 4 is 12.4 Å². The van der Waals surface area contributed by atoms with Gasteiger partial charge in [-0.3, -0.25) is 0 Å². The maximum Gasteiger partial charge on any atom is 0.159 e. The van der Waals surface area contributed by atoms with Crippen molar-refractivity contribution in [2.24, 2.45) is 0 Å². The topological polar surface area (TPSA) is 37.8 Å². The molecule has 0 saturated carbocycles. The van der Waals surface area contributed by atoms with Gasteiger partial charge in [0.1, 0.15) is 0 Å². The van der Waals surface area contributed by atoms with E-state index in [2.05, 4.69) is 46.5 Å². The molecule has 2 aromatic rings. The number of aryl methyl sites for hydroxylation is 1. The molecule has 94 valence electrons. The van der Waals surface area contributed by atoms with Gasteiger partial charge < -0.3 is 5.32 Å². The molecule has 18 heavy (non-hydrogen) atoms. The van der Waals surface area contributed by atoms with E-state index in [1.54, 1.807) is 0 Å². The zero-order valence-corrected chi connectivity index (χ0v) is 11.1. The molecule has 1 aliphatic heterocycles. The third-order valence-electron chi connectivity index (χ3n) is 3.12. The second-order valence-corrected chi connectivity index (χ2v) is 4.46. The first-order chi connectivity index (χ1) is 8.33. The van der Waals surface area contributed by atoms with Crippen molar-refractivity contribution in [2.45, 2.75) is 19.9 Å². The van der Waals surface area contributed by atoms with Gasteiger partial charge in [-0.1, -0.05) is 29.8 Å². The number of nitrogens with zero attached hydrogens (tertiary/aromatic N) is 2. The molecule has 0 amide bonds. The lowest BCUT2D eigenvalue weighted by Crippen LogP contribution is -2.24. The molecule has 1 aromatic heterocycles. The molecular formula is C14H16ClN3. The Morgan fingerprint density at radius 3 is 2.72 bits per heavy atom. The summed E-state index contributed by atoms with van der Waals surface area (Å²) in [6.45, 7) is 3.99. The lowest BCUT2D eigenvalue weighted by molar-refractivity contribution is 0.626. The maximum atomic E-state index is 4.66. The van der Waals surface area contributed by atoms with Crippen LogP contribution in [0.25, 0.3) is 11.4 Å². The fourth-order valence-corrected chi connectivity index (χ4v) is 2.08. The summed E-state index contributed by atoms with van der Waals surface area (Å²) >= 11 is 0. The minimum Gasteiger partial charge on any atom is -0.312 e. The molecule has 2 heterocycles. The highest BCUT2D eigenvalue weighted by Gasteiger charge is 2.11. The van der Waals surface area contributed by atoms with Crippen LogP contribution in [0.2, 0.25) is 0 Å². The van der Waals surface area contributed by atoms with Gasteiger partial charge in [0.15, 0.2) is 5.82 Å². The molecule has 1 N–H and O–H groups in total. The number of benzene rings is 1. The average molecular weight is 262 g/mol. The lowest BCUT2D eigenvalue weighted by atomic mass is 10.1. The molecule has 1 aromatic carbocycles. The second-order valence-electron chi connectivity index (χ2n) is 4.46. The highest BCUT2D eigenvalue weighted by molar-refractivity contribution is 5.85. The van der Waals surface area contributed by atoms with Crippen molar-refractivity contribution in [1.29, 1.82) is 0 Å². The lowest BCUT2D eigenvalue weighted by Gasteiger charge is -2.16. The predicted octanol–water partition coefficient (Wildman–Crippen LogP) is 2.52. The molecule has 0 spiro atoms. The van der Waals surface area contributed by atoms with Crippen LogP contribution < -0.4 is 5.32 Å². The van der Waals surface area contributed by atoms with E-state index in [-0.39, 0.29) is 12.4 Å². The third kappa shape index (κ3) is 2.52. The van der Waals surface area contributed by atoms with E-state index >= 15 is 0 Å². The van der Waals surface area contributed by atoms with Crippen LogP contribution in [-0.2, 0) is 13.0 Å². The van der Waals surface area contributed by atoms with Crippen LogP contribution in [0.3, 0.4) is 0 Å². The van der Waals surface area contributed by atoms with Crippen LogP contribution >= 0.6 is 12.4 Å². The zero-order valence-electron chi connectivity index (χ0n) is 10.3. The van der Waals surface area contributed by atoms with Gasteiger partial charge >= 0.3 is 0 Å². The van der Waals surface area contributed by atoms with E-state index in [0.717, 1.165) is 30.9 Å². The highest BCUT2D eigenvalue weighted by Crippen LogP contribution is 2.18. The summed E-state index contributed by atoms with van der Waals surface area (Å²) < 4.78 is 0. The molecule has 0 atom stereocenters. The predicted molar refractivity (Wildman–Crippen MR) is 74.9 cm³/mol. The van der Waals surface area contributed by atoms with Gasteiger partial charge in [-0.2, -0.15) is 0 Å². The first-order valence-corrected chi connectivity index (χ1v) is 5.95. The smallest absolute Gasteiger partial charge is 0.159 e. The van der Waals surface area contributed by atoms with E-state index in [9.17, 15) is 0 Å². The van der Waals surface area contributed by atoms with Crippen molar-refractivity contribution in [3.63, 3.8) is 0 Å². The Kier molecular flexibility index (Phi) is 3.94.